The summed E-state index contributed by atoms with van der Waals surface area (Å²) in [5, 5.41) is 13.7. The molecule has 1 aromatic rings. The van der Waals surface area contributed by atoms with E-state index >= 15 is 0 Å². The third kappa shape index (κ3) is 1.87. The molecule has 1 aliphatic heterocycles. The number of carbonyl (C=O) groups excluding carboxylic acids is 2. The van der Waals surface area contributed by atoms with Crippen molar-refractivity contribution in [2.75, 3.05) is 11.9 Å². The van der Waals surface area contributed by atoms with Crippen molar-refractivity contribution in [2.45, 2.75) is 5.92 Å². The molecule has 0 fully saturated rings. The topological polar surface area (TPSA) is 89.3 Å². The maximum atomic E-state index is 11.3. The van der Waals surface area contributed by atoms with Gasteiger partial charge in [-0.3, -0.25) is 19.7 Å². The number of benzene rings is 1. The highest BCUT2D eigenvalue weighted by molar-refractivity contribution is 6.32. The maximum Gasteiger partial charge on any atom is 0.294 e. The Hall–Kier alpha value is -1.95. The second-order valence-corrected chi connectivity index (χ2v) is 4.04. The van der Waals surface area contributed by atoms with Crippen LogP contribution in [-0.2, 0) is 9.59 Å². The number of aldehydes is 1. The molecule has 1 atom stereocenters. The van der Waals surface area contributed by atoms with Gasteiger partial charge in [0.2, 0.25) is 5.78 Å². The number of rotatable bonds is 3. The van der Waals surface area contributed by atoms with Gasteiger partial charge >= 0.3 is 0 Å². The number of hydrogen-bond acceptors (Lipinski definition) is 5. The van der Waals surface area contributed by atoms with Crippen LogP contribution in [0.15, 0.2) is 12.1 Å². The summed E-state index contributed by atoms with van der Waals surface area (Å²) in [6.45, 7) is 0.175. The number of nitrogens with zero attached hydrogens (tertiary/aromatic N) is 1. The normalized spacial score (nSPS) is 17.1. The van der Waals surface area contributed by atoms with Crippen molar-refractivity contribution in [1.29, 1.82) is 0 Å². The lowest BCUT2D eigenvalue weighted by atomic mass is 9.97. The molecule has 2 rings (SSSR count). The third-order valence-corrected chi connectivity index (χ3v) is 2.85. The lowest BCUT2D eigenvalue weighted by Crippen LogP contribution is -2.15. The van der Waals surface area contributed by atoms with E-state index in [1.54, 1.807) is 0 Å². The van der Waals surface area contributed by atoms with Crippen LogP contribution in [0.2, 0.25) is 5.02 Å². The van der Waals surface area contributed by atoms with E-state index in [4.69, 9.17) is 11.6 Å². The molecule has 0 amide bonds. The fourth-order valence-electron chi connectivity index (χ4n) is 1.87. The highest BCUT2D eigenvalue weighted by Gasteiger charge is 2.33. The molecule has 0 spiro atoms. The summed E-state index contributed by atoms with van der Waals surface area (Å²) in [4.78, 5) is 32.0. The third-order valence-electron chi connectivity index (χ3n) is 2.63. The van der Waals surface area contributed by atoms with E-state index in [1.165, 1.54) is 12.1 Å². The fraction of sp³-hybridized carbons (Fsp3) is 0.200. The van der Waals surface area contributed by atoms with E-state index in [1.807, 2.05) is 0 Å². The molecule has 0 bridgehead atoms. The molecule has 1 aromatic carbocycles. The molecule has 0 aliphatic carbocycles. The molecule has 0 saturated carbocycles. The number of nitro groups is 1. The molecule has 7 heteroatoms. The second-order valence-electron chi connectivity index (χ2n) is 3.60. The van der Waals surface area contributed by atoms with Crippen LogP contribution >= 0.6 is 11.6 Å². The number of nitro benzene ring substituents is 1. The van der Waals surface area contributed by atoms with Crippen molar-refractivity contribution in [3.8, 4) is 0 Å². The van der Waals surface area contributed by atoms with Crippen LogP contribution in [0.3, 0.4) is 0 Å². The zero-order valence-corrected chi connectivity index (χ0v) is 9.23. The molecule has 88 valence electrons. The van der Waals surface area contributed by atoms with E-state index in [9.17, 15) is 19.7 Å². The Morgan fingerprint density at radius 3 is 2.88 bits per heavy atom. The van der Waals surface area contributed by atoms with Crippen LogP contribution < -0.4 is 5.32 Å². The minimum atomic E-state index is -0.695. The number of fused-ring (bicyclic) bond motifs is 1. The highest BCUT2D eigenvalue weighted by atomic mass is 35.5. The van der Waals surface area contributed by atoms with Crippen LogP contribution in [0, 0.1) is 10.1 Å². The summed E-state index contributed by atoms with van der Waals surface area (Å²) in [7, 11) is 0. The molecule has 0 radical (unpaired) electrons. The monoisotopic (exact) mass is 254 g/mol. The van der Waals surface area contributed by atoms with Gasteiger partial charge in [0.25, 0.3) is 5.69 Å². The number of anilines is 1. The number of nitrogens with one attached hydrogen (secondary N) is 1. The van der Waals surface area contributed by atoms with E-state index in [0.29, 0.717) is 5.56 Å². The molecule has 1 heterocycles. The van der Waals surface area contributed by atoms with Crippen molar-refractivity contribution < 1.29 is 14.5 Å². The largest absolute Gasteiger partial charge is 0.378 e. The SMILES string of the molecule is O=CC(=O)C1CNc2c1cc(Cl)cc2[N+](=O)[O-]. The van der Waals surface area contributed by atoms with E-state index in [-0.39, 0.29) is 29.2 Å². The van der Waals surface area contributed by atoms with Gasteiger partial charge in [0, 0.05) is 17.6 Å². The average Bonchev–Trinajstić information content (AvgIpc) is 2.70. The summed E-state index contributed by atoms with van der Waals surface area (Å²) in [6, 6.07) is 2.68. The summed E-state index contributed by atoms with van der Waals surface area (Å²) < 4.78 is 0. The van der Waals surface area contributed by atoms with Crippen LogP contribution in [0.5, 0.6) is 0 Å². The summed E-state index contributed by atoms with van der Waals surface area (Å²) in [5.41, 5.74) is 0.481. The quantitative estimate of drug-likeness (QED) is 0.382. The van der Waals surface area contributed by atoms with Crippen molar-refractivity contribution >= 4 is 35.0 Å². The molecule has 1 aliphatic rings. The predicted molar refractivity (Wildman–Crippen MR) is 60.4 cm³/mol. The van der Waals surface area contributed by atoms with Gasteiger partial charge in [0.1, 0.15) is 5.69 Å². The lowest BCUT2D eigenvalue weighted by molar-refractivity contribution is -0.383. The van der Waals surface area contributed by atoms with Gasteiger partial charge in [0.15, 0.2) is 6.29 Å². The second kappa shape index (κ2) is 4.14. The van der Waals surface area contributed by atoms with Crippen molar-refractivity contribution in [2.24, 2.45) is 0 Å². The summed E-state index contributed by atoms with van der Waals surface area (Å²) in [5.74, 6) is -1.31. The Morgan fingerprint density at radius 2 is 2.29 bits per heavy atom. The smallest absolute Gasteiger partial charge is 0.294 e. The summed E-state index contributed by atoms with van der Waals surface area (Å²) >= 11 is 5.75. The first kappa shape index (κ1) is 11.5. The first-order valence-electron chi connectivity index (χ1n) is 4.75. The highest BCUT2D eigenvalue weighted by Crippen LogP contribution is 2.40. The molecule has 0 saturated heterocycles. The number of carbonyl (C=O) groups is 2. The van der Waals surface area contributed by atoms with Crippen molar-refractivity contribution in [3.63, 3.8) is 0 Å². The molecule has 6 nitrogen and oxygen atoms in total. The van der Waals surface area contributed by atoms with Gasteiger partial charge < -0.3 is 5.32 Å². The van der Waals surface area contributed by atoms with Crippen LogP contribution in [-0.4, -0.2) is 23.5 Å². The van der Waals surface area contributed by atoms with E-state index in [2.05, 4.69) is 5.32 Å². The first-order chi connectivity index (χ1) is 8.04. The Balaban J connectivity index is 2.57. The van der Waals surface area contributed by atoms with E-state index in [0.717, 1.165) is 0 Å². The Morgan fingerprint density at radius 1 is 1.59 bits per heavy atom. The zero-order chi connectivity index (χ0) is 12.6. The van der Waals surface area contributed by atoms with Crippen LogP contribution in [0.4, 0.5) is 11.4 Å². The van der Waals surface area contributed by atoms with Gasteiger partial charge in [-0.2, -0.15) is 0 Å². The van der Waals surface area contributed by atoms with Crippen molar-refractivity contribution in [3.05, 3.63) is 32.8 Å². The molecular formula is C10H7ClN2O4. The molecular weight excluding hydrogens is 248 g/mol. The zero-order valence-electron chi connectivity index (χ0n) is 8.47. The number of ketones is 1. The fourth-order valence-corrected chi connectivity index (χ4v) is 2.10. The lowest BCUT2D eigenvalue weighted by Gasteiger charge is -2.05. The van der Waals surface area contributed by atoms with Gasteiger partial charge in [-0.15, -0.1) is 0 Å². The van der Waals surface area contributed by atoms with Crippen molar-refractivity contribution in [1.82, 2.24) is 0 Å². The van der Waals surface area contributed by atoms with Gasteiger partial charge in [-0.1, -0.05) is 11.6 Å². The van der Waals surface area contributed by atoms with Gasteiger partial charge in [-0.05, 0) is 11.6 Å². The van der Waals surface area contributed by atoms with Crippen LogP contribution in [0.1, 0.15) is 11.5 Å². The Labute approximate surface area is 101 Å². The van der Waals surface area contributed by atoms with Gasteiger partial charge in [-0.25, -0.2) is 0 Å². The molecule has 1 N–H and O–H groups in total. The molecule has 1 unspecified atom stereocenters. The standard InChI is InChI=1S/C10H7ClN2O4/c11-5-1-6-7(9(15)4-14)3-12-10(6)8(2-5)13(16)17/h1-2,4,7,12H,3H2. The number of Topliss-reactive ketones (excluding diaryl/α,β-unsaturated/α-hetero) is 1. The average molecular weight is 255 g/mol. The molecule has 0 aromatic heterocycles. The molecule has 17 heavy (non-hydrogen) atoms. The Bertz CT molecular complexity index is 529. The van der Waals surface area contributed by atoms with Gasteiger partial charge in [0.05, 0.1) is 10.8 Å². The Kier molecular flexibility index (Phi) is 2.81. The first-order valence-corrected chi connectivity index (χ1v) is 5.13. The van der Waals surface area contributed by atoms with E-state index < -0.39 is 16.6 Å². The van der Waals surface area contributed by atoms with Crippen LogP contribution in [0.25, 0.3) is 0 Å². The minimum absolute atomic E-state index is 0.169. The number of halogens is 1. The minimum Gasteiger partial charge on any atom is -0.378 e. The maximum absolute atomic E-state index is 11.3. The predicted octanol–water partition coefficient (Wildman–Crippen LogP) is 1.53. The number of hydrogen-bond donors (Lipinski definition) is 1. The summed E-state index contributed by atoms with van der Waals surface area (Å²) in [6.07, 6.45) is 0.216.